The molecule has 0 aliphatic carbocycles. The summed E-state index contributed by atoms with van der Waals surface area (Å²) in [6.45, 7) is 0.534. The van der Waals surface area contributed by atoms with E-state index in [1.165, 1.54) is 0 Å². The van der Waals surface area contributed by atoms with Crippen LogP contribution in [0.1, 0.15) is 6.42 Å². The molecule has 102 valence electrons. The molecule has 0 radical (unpaired) electrons. The molecule has 0 aliphatic heterocycles. The summed E-state index contributed by atoms with van der Waals surface area (Å²) in [7, 11) is 1.93. The summed E-state index contributed by atoms with van der Waals surface area (Å²) in [6, 6.07) is 0. The van der Waals surface area contributed by atoms with Crippen molar-refractivity contribution in [2.45, 2.75) is 17.7 Å². The van der Waals surface area contributed by atoms with Gasteiger partial charge in [0.05, 0.1) is 0 Å². The minimum atomic E-state index is -0.893. The molecule has 2 N–H and O–H groups in total. The molecule has 0 aliphatic rings. The number of carbonyl (C=O) groups is 1. The maximum Gasteiger partial charge on any atom is 0.248 e. The van der Waals surface area contributed by atoms with Crippen LogP contribution >= 0.6 is 23.5 Å². The second-order valence-corrected chi connectivity index (χ2v) is 5.81. The molecule has 7 heteroatoms. The number of hydrogen-bond donors (Lipinski definition) is 2. The third kappa shape index (κ3) is 5.32. The molecule has 5 nitrogen and oxygen atoms in total. The third-order valence-electron chi connectivity index (χ3n) is 2.31. The van der Waals surface area contributed by atoms with Crippen molar-refractivity contribution in [3.8, 4) is 0 Å². The fourth-order valence-electron chi connectivity index (χ4n) is 1.29. The van der Waals surface area contributed by atoms with Crippen LogP contribution < -0.4 is 5.32 Å². The maximum atomic E-state index is 11.5. The van der Waals surface area contributed by atoms with Gasteiger partial charge in [-0.3, -0.25) is 4.79 Å². The van der Waals surface area contributed by atoms with Crippen molar-refractivity contribution in [1.82, 2.24) is 14.9 Å². The van der Waals surface area contributed by atoms with Crippen LogP contribution in [-0.4, -0.2) is 51.0 Å². The van der Waals surface area contributed by atoms with Crippen LogP contribution in [0.15, 0.2) is 17.6 Å². The summed E-state index contributed by atoms with van der Waals surface area (Å²) < 4.78 is 1.93. The van der Waals surface area contributed by atoms with Gasteiger partial charge in [-0.2, -0.15) is 11.8 Å². The van der Waals surface area contributed by atoms with Crippen molar-refractivity contribution in [3.63, 3.8) is 0 Å². The zero-order chi connectivity index (χ0) is 13.4. The van der Waals surface area contributed by atoms with E-state index in [-0.39, 0.29) is 5.91 Å². The predicted molar refractivity (Wildman–Crippen MR) is 75.9 cm³/mol. The van der Waals surface area contributed by atoms with Gasteiger partial charge in [-0.05, 0) is 18.4 Å². The molecule has 0 aromatic carbocycles. The molecule has 0 fully saturated rings. The highest BCUT2D eigenvalue weighted by molar-refractivity contribution is 7.99. The van der Waals surface area contributed by atoms with Crippen molar-refractivity contribution < 1.29 is 9.90 Å². The Morgan fingerprint density at radius 2 is 2.39 bits per heavy atom. The molecule has 1 atom stereocenters. The first-order valence-corrected chi connectivity index (χ1v) is 8.08. The minimum Gasteiger partial charge on any atom is -0.383 e. The van der Waals surface area contributed by atoms with E-state index in [2.05, 4.69) is 10.3 Å². The quantitative estimate of drug-likeness (QED) is 0.546. The Morgan fingerprint density at radius 3 is 3.00 bits per heavy atom. The van der Waals surface area contributed by atoms with Gasteiger partial charge in [0.1, 0.15) is 6.10 Å². The van der Waals surface area contributed by atoms with E-state index in [1.807, 2.05) is 24.1 Å². The number of aliphatic hydroxyl groups is 1. The first-order valence-electron chi connectivity index (χ1n) is 5.70. The minimum absolute atomic E-state index is 0.288. The molecule has 0 saturated carbocycles. The van der Waals surface area contributed by atoms with Crippen LogP contribution in [0.25, 0.3) is 0 Å². The van der Waals surface area contributed by atoms with Crippen molar-refractivity contribution >= 4 is 29.4 Å². The summed E-state index contributed by atoms with van der Waals surface area (Å²) in [5, 5.41) is 13.2. The summed E-state index contributed by atoms with van der Waals surface area (Å²) in [5.41, 5.74) is 0. The molecule has 1 rings (SSSR count). The number of thioether (sulfide) groups is 2. The second kappa shape index (κ2) is 8.44. The lowest BCUT2D eigenvalue weighted by atomic mass is 10.2. The number of hydrogen-bond acceptors (Lipinski definition) is 5. The van der Waals surface area contributed by atoms with Gasteiger partial charge in [0.2, 0.25) is 5.91 Å². The highest BCUT2D eigenvalue weighted by Gasteiger charge is 2.13. The predicted octanol–water partition coefficient (Wildman–Crippen LogP) is 0.742. The summed E-state index contributed by atoms with van der Waals surface area (Å²) >= 11 is 3.20. The van der Waals surface area contributed by atoms with Crippen LogP contribution in [0, 0.1) is 0 Å². The molecule has 0 bridgehead atoms. The van der Waals surface area contributed by atoms with Gasteiger partial charge in [0, 0.05) is 31.7 Å². The molecule has 0 spiro atoms. The number of aryl methyl sites for hydroxylation is 1. The van der Waals surface area contributed by atoms with Crippen molar-refractivity contribution in [2.75, 3.05) is 24.3 Å². The molecular formula is C11H19N3O2S2. The Bertz CT molecular complexity index is 371. The second-order valence-electron chi connectivity index (χ2n) is 3.76. The zero-order valence-corrected chi connectivity index (χ0v) is 12.3. The normalized spacial score (nSPS) is 12.4. The molecule has 0 unspecified atom stereocenters. The van der Waals surface area contributed by atoms with Gasteiger partial charge in [-0.15, -0.1) is 0 Å². The van der Waals surface area contributed by atoms with Crippen LogP contribution in [0.5, 0.6) is 0 Å². The summed E-state index contributed by atoms with van der Waals surface area (Å²) in [4.78, 5) is 15.6. The van der Waals surface area contributed by atoms with Crippen LogP contribution in [0.4, 0.5) is 0 Å². The van der Waals surface area contributed by atoms with E-state index in [0.29, 0.717) is 13.0 Å². The van der Waals surface area contributed by atoms with Crippen LogP contribution in [0.3, 0.4) is 0 Å². The number of imidazole rings is 1. The first-order chi connectivity index (χ1) is 8.65. The summed E-state index contributed by atoms with van der Waals surface area (Å²) in [5.74, 6) is 1.24. The Kier molecular flexibility index (Phi) is 7.22. The molecule has 1 aromatic rings. The van der Waals surface area contributed by atoms with Crippen LogP contribution in [-0.2, 0) is 11.8 Å². The van der Waals surface area contributed by atoms with Crippen molar-refractivity contribution in [2.24, 2.45) is 7.05 Å². The standard InChI is InChI=1S/C11H19N3O2S2/c1-14-6-4-13-11(14)18-8-5-12-10(16)9(15)3-7-17-2/h4,6,9,15H,3,5,7-8H2,1-2H3,(H,12,16)/t9-/m1/s1. The number of nitrogens with one attached hydrogen (secondary N) is 1. The fourth-order valence-corrected chi connectivity index (χ4v) is 2.53. The average Bonchev–Trinajstić information content (AvgIpc) is 2.77. The van der Waals surface area contributed by atoms with Crippen molar-refractivity contribution in [3.05, 3.63) is 12.4 Å². The van der Waals surface area contributed by atoms with E-state index in [4.69, 9.17) is 0 Å². The number of carbonyl (C=O) groups excluding carboxylic acids is 1. The molecule has 18 heavy (non-hydrogen) atoms. The smallest absolute Gasteiger partial charge is 0.248 e. The Balaban J connectivity index is 2.14. The van der Waals surface area contributed by atoms with E-state index < -0.39 is 6.10 Å². The van der Waals surface area contributed by atoms with Gasteiger partial charge in [0.25, 0.3) is 0 Å². The zero-order valence-electron chi connectivity index (χ0n) is 10.6. The topological polar surface area (TPSA) is 67.2 Å². The van der Waals surface area contributed by atoms with Gasteiger partial charge in [-0.25, -0.2) is 4.98 Å². The highest BCUT2D eigenvalue weighted by Crippen LogP contribution is 2.12. The lowest BCUT2D eigenvalue weighted by Gasteiger charge is -2.10. The lowest BCUT2D eigenvalue weighted by molar-refractivity contribution is -0.129. The van der Waals surface area contributed by atoms with E-state index >= 15 is 0 Å². The van der Waals surface area contributed by atoms with Gasteiger partial charge >= 0.3 is 0 Å². The summed E-state index contributed by atoms with van der Waals surface area (Å²) in [6.07, 6.45) is 5.18. The Morgan fingerprint density at radius 1 is 1.61 bits per heavy atom. The van der Waals surface area contributed by atoms with Gasteiger partial charge in [-0.1, -0.05) is 11.8 Å². The lowest BCUT2D eigenvalue weighted by Crippen LogP contribution is -2.36. The number of aliphatic hydroxyl groups excluding tert-OH is 1. The first kappa shape index (κ1) is 15.4. The number of nitrogens with zero attached hydrogens (tertiary/aromatic N) is 2. The number of aromatic nitrogens is 2. The monoisotopic (exact) mass is 289 g/mol. The van der Waals surface area contributed by atoms with Crippen LogP contribution in [0.2, 0.25) is 0 Å². The van der Waals surface area contributed by atoms with Crippen molar-refractivity contribution in [1.29, 1.82) is 0 Å². The van der Waals surface area contributed by atoms with E-state index in [0.717, 1.165) is 16.7 Å². The van der Waals surface area contributed by atoms with E-state index in [9.17, 15) is 9.90 Å². The third-order valence-corrected chi connectivity index (χ3v) is 4.01. The average molecular weight is 289 g/mol. The highest BCUT2D eigenvalue weighted by atomic mass is 32.2. The van der Waals surface area contributed by atoms with Gasteiger partial charge in [0.15, 0.2) is 5.16 Å². The van der Waals surface area contributed by atoms with E-state index in [1.54, 1.807) is 29.7 Å². The molecule has 1 amide bonds. The Labute approximate surface area is 116 Å². The molecule has 1 heterocycles. The maximum absolute atomic E-state index is 11.5. The largest absolute Gasteiger partial charge is 0.383 e. The number of amides is 1. The SMILES string of the molecule is CSCC[C@@H](O)C(=O)NCCSc1nccn1C. The molecule has 0 saturated heterocycles. The fraction of sp³-hybridized carbons (Fsp3) is 0.636. The number of rotatable bonds is 8. The molecule has 1 aromatic heterocycles. The Hall–Kier alpha value is -0.660. The molecular weight excluding hydrogens is 270 g/mol. The van der Waals surface area contributed by atoms with Gasteiger partial charge < -0.3 is 15.0 Å².